The van der Waals surface area contributed by atoms with Gasteiger partial charge in [-0.3, -0.25) is 14.5 Å². The van der Waals surface area contributed by atoms with Crippen molar-refractivity contribution in [1.29, 1.82) is 0 Å². The van der Waals surface area contributed by atoms with Gasteiger partial charge in [0.1, 0.15) is 6.61 Å². The number of amides is 2. The van der Waals surface area contributed by atoms with E-state index in [1.165, 1.54) is 4.90 Å². The second-order valence-electron chi connectivity index (χ2n) is 7.81. The number of carbonyl (C=O) groups excluding carboxylic acids is 2. The van der Waals surface area contributed by atoms with Crippen molar-refractivity contribution in [3.05, 3.63) is 98.4 Å². The zero-order chi connectivity index (χ0) is 24.1. The van der Waals surface area contributed by atoms with Gasteiger partial charge in [-0.05, 0) is 72.6 Å². The first-order chi connectivity index (χ1) is 16.4. The highest BCUT2D eigenvalue weighted by atomic mass is 79.9. The molecule has 0 N–H and O–H groups in total. The molecule has 0 aliphatic carbocycles. The van der Waals surface area contributed by atoms with Gasteiger partial charge in [0.25, 0.3) is 11.1 Å². The van der Waals surface area contributed by atoms with Crippen LogP contribution in [0.1, 0.15) is 29.2 Å². The molecule has 1 fully saturated rings. The van der Waals surface area contributed by atoms with Crippen molar-refractivity contribution < 1.29 is 19.1 Å². The number of hydrogen-bond donors (Lipinski definition) is 0. The molecule has 0 radical (unpaired) electrons. The van der Waals surface area contributed by atoms with Gasteiger partial charge in [0.05, 0.1) is 18.1 Å². The van der Waals surface area contributed by atoms with E-state index in [9.17, 15) is 9.59 Å². The van der Waals surface area contributed by atoms with E-state index in [1.807, 2.05) is 80.6 Å². The van der Waals surface area contributed by atoms with Crippen LogP contribution in [0.25, 0.3) is 6.08 Å². The van der Waals surface area contributed by atoms with Crippen molar-refractivity contribution in [3.63, 3.8) is 0 Å². The fraction of sp³-hybridized carbons (Fsp3) is 0.185. The molecule has 34 heavy (non-hydrogen) atoms. The van der Waals surface area contributed by atoms with Crippen LogP contribution in [-0.4, -0.2) is 22.7 Å². The molecule has 1 heterocycles. The second kappa shape index (κ2) is 10.9. The molecule has 0 aromatic heterocycles. The lowest BCUT2D eigenvalue weighted by molar-refractivity contribution is -0.123. The topological polar surface area (TPSA) is 55.8 Å². The molecule has 7 heteroatoms. The Morgan fingerprint density at radius 1 is 0.941 bits per heavy atom. The smallest absolute Gasteiger partial charge is 0.293 e. The van der Waals surface area contributed by atoms with Gasteiger partial charge in [-0.25, -0.2) is 0 Å². The van der Waals surface area contributed by atoms with Crippen LogP contribution in [0.5, 0.6) is 11.5 Å². The number of benzene rings is 3. The van der Waals surface area contributed by atoms with Crippen molar-refractivity contribution >= 4 is 44.9 Å². The zero-order valence-corrected chi connectivity index (χ0v) is 21.3. The lowest BCUT2D eigenvalue weighted by Gasteiger charge is -2.13. The summed E-state index contributed by atoms with van der Waals surface area (Å²) in [6.07, 6.45) is 1.72. The predicted octanol–water partition coefficient (Wildman–Crippen LogP) is 6.97. The van der Waals surface area contributed by atoms with Crippen LogP contribution in [0.15, 0.2) is 76.1 Å². The molecule has 1 aliphatic rings. The van der Waals surface area contributed by atoms with Crippen molar-refractivity contribution in [1.82, 2.24) is 4.90 Å². The maximum absolute atomic E-state index is 12.9. The van der Waals surface area contributed by atoms with Crippen molar-refractivity contribution in [2.24, 2.45) is 0 Å². The van der Waals surface area contributed by atoms with Crippen LogP contribution in [-0.2, 0) is 17.9 Å². The average Bonchev–Trinajstić information content (AvgIpc) is 3.07. The summed E-state index contributed by atoms with van der Waals surface area (Å²) < 4.78 is 12.8. The van der Waals surface area contributed by atoms with Crippen molar-refractivity contribution in [2.45, 2.75) is 27.0 Å². The Bertz CT molecular complexity index is 1240. The normalized spacial score (nSPS) is 14.7. The monoisotopic (exact) mass is 537 g/mol. The van der Waals surface area contributed by atoms with E-state index in [-0.39, 0.29) is 17.7 Å². The highest BCUT2D eigenvalue weighted by Crippen LogP contribution is 2.35. The summed E-state index contributed by atoms with van der Waals surface area (Å²) in [5.74, 6) is 0.923. The Balaban J connectivity index is 1.50. The van der Waals surface area contributed by atoms with Crippen LogP contribution in [0, 0.1) is 6.92 Å². The van der Waals surface area contributed by atoms with E-state index in [2.05, 4.69) is 15.9 Å². The van der Waals surface area contributed by atoms with Gasteiger partial charge >= 0.3 is 0 Å². The summed E-state index contributed by atoms with van der Waals surface area (Å²) in [4.78, 5) is 27.1. The maximum Gasteiger partial charge on any atom is 0.293 e. The Kier molecular flexibility index (Phi) is 7.75. The Labute approximate surface area is 211 Å². The second-order valence-corrected chi connectivity index (χ2v) is 9.72. The minimum absolute atomic E-state index is 0.261. The zero-order valence-electron chi connectivity index (χ0n) is 18.9. The SMILES string of the molecule is CCOc1cc(/C=C2\SC(=O)N(Cc3cccc(C)c3)C2=O)ccc1OCc1ccc(Br)cc1. The highest BCUT2D eigenvalue weighted by molar-refractivity contribution is 9.10. The lowest BCUT2D eigenvalue weighted by Crippen LogP contribution is -2.27. The van der Waals surface area contributed by atoms with Crippen LogP contribution in [0.4, 0.5) is 4.79 Å². The number of rotatable bonds is 8. The number of hydrogen-bond acceptors (Lipinski definition) is 5. The van der Waals surface area contributed by atoms with Crippen LogP contribution in [0.2, 0.25) is 0 Å². The first-order valence-corrected chi connectivity index (χ1v) is 12.5. The third-order valence-electron chi connectivity index (χ3n) is 5.17. The molecule has 0 unspecified atom stereocenters. The number of imide groups is 1. The summed E-state index contributed by atoms with van der Waals surface area (Å²) in [6, 6.07) is 21.2. The molecule has 2 amide bonds. The van der Waals surface area contributed by atoms with Crippen LogP contribution >= 0.6 is 27.7 Å². The van der Waals surface area contributed by atoms with Crippen molar-refractivity contribution in [2.75, 3.05) is 6.61 Å². The van der Waals surface area contributed by atoms with Gasteiger partial charge in [0, 0.05) is 4.47 Å². The van der Waals surface area contributed by atoms with E-state index in [4.69, 9.17) is 9.47 Å². The predicted molar refractivity (Wildman–Crippen MR) is 139 cm³/mol. The summed E-state index contributed by atoms with van der Waals surface area (Å²) >= 11 is 4.39. The molecule has 0 spiro atoms. The van der Waals surface area contributed by atoms with Gasteiger partial charge in [-0.15, -0.1) is 0 Å². The molecule has 4 rings (SSSR count). The number of nitrogens with zero attached hydrogens (tertiary/aromatic N) is 1. The summed E-state index contributed by atoms with van der Waals surface area (Å²) in [5, 5.41) is -0.266. The van der Waals surface area contributed by atoms with E-state index < -0.39 is 0 Å². The van der Waals surface area contributed by atoms with Crippen LogP contribution in [0.3, 0.4) is 0 Å². The summed E-state index contributed by atoms with van der Waals surface area (Å²) in [5.41, 5.74) is 3.82. The minimum atomic E-state index is -0.287. The first kappa shape index (κ1) is 24.1. The first-order valence-electron chi connectivity index (χ1n) is 10.9. The number of halogens is 1. The maximum atomic E-state index is 12.9. The van der Waals surface area contributed by atoms with E-state index >= 15 is 0 Å². The minimum Gasteiger partial charge on any atom is -0.490 e. The van der Waals surface area contributed by atoms with Crippen molar-refractivity contribution in [3.8, 4) is 11.5 Å². The molecular formula is C27H24BrNO4S. The molecule has 1 aliphatic heterocycles. The molecule has 0 bridgehead atoms. The molecule has 3 aromatic carbocycles. The summed E-state index contributed by atoms with van der Waals surface area (Å²) in [7, 11) is 0. The molecule has 0 saturated carbocycles. The fourth-order valence-corrected chi connectivity index (χ4v) is 4.63. The standard InChI is InChI=1S/C27H24BrNO4S/c1-3-32-24-14-20(9-12-23(24)33-17-19-7-10-22(28)11-8-19)15-25-26(30)29(27(31)34-25)16-21-6-4-5-18(2)13-21/h4-15H,3,16-17H2,1-2H3/b25-15-. The van der Waals surface area contributed by atoms with E-state index in [0.717, 1.165) is 38.5 Å². The number of thioether (sulfide) groups is 1. The third-order valence-corrected chi connectivity index (χ3v) is 6.61. The fourth-order valence-electron chi connectivity index (χ4n) is 3.52. The third kappa shape index (κ3) is 5.90. The molecule has 174 valence electrons. The quantitative estimate of drug-likeness (QED) is 0.290. The van der Waals surface area contributed by atoms with Crippen LogP contribution < -0.4 is 9.47 Å². The largest absolute Gasteiger partial charge is 0.490 e. The highest BCUT2D eigenvalue weighted by Gasteiger charge is 2.35. The van der Waals surface area contributed by atoms with E-state index in [0.29, 0.717) is 29.6 Å². The molecular weight excluding hydrogens is 514 g/mol. The van der Waals surface area contributed by atoms with Gasteiger partial charge < -0.3 is 9.47 Å². The van der Waals surface area contributed by atoms with E-state index in [1.54, 1.807) is 6.08 Å². The number of ether oxygens (including phenoxy) is 2. The Morgan fingerprint density at radius 3 is 2.47 bits per heavy atom. The molecule has 1 saturated heterocycles. The average molecular weight is 538 g/mol. The molecule has 3 aromatic rings. The lowest BCUT2D eigenvalue weighted by atomic mass is 10.1. The molecule has 5 nitrogen and oxygen atoms in total. The summed E-state index contributed by atoms with van der Waals surface area (Å²) in [6.45, 7) is 5.04. The number of aryl methyl sites for hydroxylation is 1. The Morgan fingerprint density at radius 2 is 1.74 bits per heavy atom. The van der Waals surface area contributed by atoms with Gasteiger partial charge in [0.15, 0.2) is 11.5 Å². The Hall–Kier alpha value is -3.03. The van der Waals surface area contributed by atoms with Gasteiger partial charge in [-0.2, -0.15) is 0 Å². The molecule has 0 atom stereocenters. The van der Waals surface area contributed by atoms with Gasteiger partial charge in [-0.1, -0.05) is 64.0 Å². The van der Waals surface area contributed by atoms with Gasteiger partial charge in [0.2, 0.25) is 0 Å². The number of carbonyl (C=O) groups is 2.